The summed E-state index contributed by atoms with van der Waals surface area (Å²) in [4.78, 5) is 0. The minimum absolute atomic E-state index is 0.226. The van der Waals surface area contributed by atoms with Crippen LogP contribution in [0.1, 0.15) is 30.4 Å². The lowest BCUT2D eigenvalue weighted by Crippen LogP contribution is -2.31. The third-order valence-corrected chi connectivity index (χ3v) is 4.11. The number of hydrogen-bond donors (Lipinski definition) is 1. The van der Waals surface area contributed by atoms with Crippen LogP contribution in [0.25, 0.3) is 0 Å². The predicted molar refractivity (Wildman–Crippen MR) is 62.6 cm³/mol. The van der Waals surface area contributed by atoms with Gasteiger partial charge in [0.1, 0.15) is 0 Å². The van der Waals surface area contributed by atoms with Gasteiger partial charge in [0.25, 0.3) is 0 Å². The third-order valence-electron chi connectivity index (χ3n) is 3.20. The first kappa shape index (κ1) is 10.7. The summed E-state index contributed by atoms with van der Waals surface area (Å²) in [7, 11) is 0. The maximum Gasteiger partial charge on any atom is 0.0672 e. The first-order valence-corrected chi connectivity index (χ1v) is 6.40. The van der Waals surface area contributed by atoms with Gasteiger partial charge in [-0.25, -0.2) is 0 Å². The molecule has 2 unspecified atom stereocenters. The number of thiophene rings is 1. The van der Waals surface area contributed by atoms with Crippen LogP contribution in [0.4, 0.5) is 0 Å². The van der Waals surface area contributed by atoms with Crippen molar-refractivity contribution >= 4 is 11.3 Å². The molecule has 1 aliphatic carbocycles. The van der Waals surface area contributed by atoms with Crippen LogP contribution in [-0.4, -0.2) is 6.04 Å². The molecule has 0 radical (unpaired) electrons. The molecule has 1 N–H and O–H groups in total. The predicted octanol–water partition coefficient (Wildman–Crippen LogP) is 2.84. The van der Waals surface area contributed by atoms with Crippen LogP contribution in [0.5, 0.6) is 0 Å². The van der Waals surface area contributed by atoms with Gasteiger partial charge in [0, 0.05) is 12.6 Å². The lowest BCUT2D eigenvalue weighted by Gasteiger charge is -2.15. The van der Waals surface area contributed by atoms with Gasteiger partial charge >= 0.3 is 0 Å². The maximum atomic E-state index is 8.96. The second-order valence-corrected chi connectivity index (χ2v) is 4.98. The van der Waals surface area contributed by atoms with Crippen molar-refractivity contribution in [2.45, 2.75) is 38.8 Å². The van der Waals surface area contributed by atoms with Gasteiger partial charge in [-0.3, -0.25) is 0 Å². The molecule has 2 atom stereocenters. The largest absolute Gasteiger partial charge is 0.309 e. The number of rotatable bonds is 3. The molecule has 0 aliphatic heterocycles. The van der Waals surface area contributed by atoms with Crippen LogP contribution in [0.3, 0.4) is 0 Å². The van der Waals surface area contributed by atoms with Crippen molar-refractivity contribution in [3.05, 3.63) is 21.9 Å². The van der Waals surface area contributed by atoms with E-state index in [4.69, 9.17) is 5.26 Å². The minimum atomic E-state index is 0.226. The Morgan fingerprint density at radius 2 is 2.40 bits per heavy atom. The number of nitrogens with one attached hydrogen (secondary N) is 1. The summed E-state index contributed by atoms with van der Waals surface area (Å²) >= 11 is 1.75. The average molecular weight is 220 g/mol. The van der Waals surface area contributed by atoms with Gasteiger partial charge in [-0.2, -0.15) is 16.6 Å². The monoisotopic (exact) mass is 220 g/mol. The standard InChI is InChI=1S/C12H16N2S/c1-9-7-15-8-11(9)6-14-12-4-2-3-10(12)5-13/h7-8,10,12,14H,2-4,6H2,1H3. The molecule has 0 spiro atoms. The Hall–Kier alpha value is -0.850. The van der Waals surface area contributed by atoms with E-state index in [1.54, 1.807) is 11.3 Å². The Balaban J connectivity index is 1.89. The van der Waals surface area contributed by atoms with Crippen LogP contribution in [-0.2, 0) is 6.54 Å². The highest BCUT2D eigenvalue weighted by Gasteiger charge is 2.26. The van der Waals surface area contributed by atoms with E-state index in [1.165, 1.54) is 17.5 Å². The van der Waals surface area contributed by atoms with Crippen molar-refractivity contribution in [3.63, 3.8) is 0 Å². The van der Waals surface area contributed by atoms with Gasteiger partial charge < -0.3 is 5.32 Å². The Kier molecular flexibility index (Phi) is 3.40. The van der Waals surface area contributed by atoms with Crippen molar-refractivity contribution < 1.29 is 0 Å². The molecule has 1 saturated carbocycles. The number of aryl methyl sites for hydroxylation is 1. The normalized spacial score (nSPS) is 25.3. The second kappa shape index (κ2) is 4.78. The van der Waals surface area contributed by atoms with Gasteiger partial charge in [-0.15, -0.1) is 0 Å². The highest BCUT2D eigenvalue weighted by molar-refractivity contribution is 7.08. The molecule has 1 fully saturated rings. The van der Waals surface area contributed by atoms with Gasteiger partial charge in [0.15, 0.2) is 0 Å². The average Bonchev–Trinajstić information content (AvgIpc) is 2.83. The summed E-state index contributed by atoms with van der Waals surface area (Å²) in [5, 5.41) is 16.8. The molecular formula is C12H16N2S. The van der Waals surface area contributed by atoms with E-state index in [2.05, 4.69) is 29.1 Å². The molecule has 2 nitrogen and oxygen atoms in total. The molecule has 1 aromatic heterocycles. The zero-order valence-electron chi connectivity index (χ0n) is 8.99. The Bertz CT molecular complexity index is 364. The highest BCUT2D eigenvalue weighted by Crippen LogP contribution is 2.25. The smallest absolute Gasteiger partial charge is 0.0672 e. The van der Waals surface area contributed by atoms with E-state index in [1.807, 2.05) is 0 Å². The molecule has 1 aliphatic rings. The first-order valence-electron chi connectivity index (χ1n) is 5.46. The van der Waals surface area contributed by atoms with Crippen LogP contribution in [0, 0.1) is 24.2 Å². The molecule has 15 heavy (non-hydrogen) atoms. The van der Waals surface area contributed by atoms with E-state index in [9.17, 15) is 0 Å². The fourth-order valence-electron chi connectivity index (χ4n) is 2.17. The maximum absolute atomic E-state index is 8.96. The molecule has 0 bridgehead atoms. The molecular weight excluding hydrogens is 204 g/mol. The highest BCUT2D eigenvalue weighted by atomic mass is 32.1. The molecule has 0 saturated heterocycles. The van der Waals surface area contributed by atoms with Crippen molar-refractivity contribution in [1.29, 1.82) is 5.26 Å². The molecule has 1 aromatic rings. The summed E-state index contributed by atoms with van der Waals surface area (Å²) in [6, 6.07) is 2.81. The zero-order chi connectivity index (χ0) is 10.7. The van der Waals surface area contributed by atoms with E-state index in [0.717, 1.165) is 19.4 Å². The summed E-state index contributed by atoms with van der Waals surface area (Å²) in [6.07, 6.45) is 3.41. The molecule has 3 heteroatoms. The number of hydrogen-bond acceptors (Lipinski definition) is 3. The first-order chi connectivity index (χ1) is 7.31. The van der Waals surface area contributed by atoms with E-state index in [-0.39, 0.29) is 5.92 Å². The Morgan fingerprint density at radius 3 is 3.07 bits per heavy atom. The molecule has 1 heterocycles. The van der Waals surface area contributed by atoms with Crippen molar-refractivity contribution in [2.75, 3.05) is 0 Å². The Morgan fingerprint density at radius 1 is 1.53 bits per heavy atom. The van der Waals surface area contributed by atoms with Gasteiger partial charge in [-0.05, 0) is 41.7 Å². The lowest BCUT2D eigenvalue weighted by atomic mass is 10.1. The lowest BCUT2D eigenvalue weighted by molar-refractivity contribution is 0.464. The molecule has 2 rings (SSSR count). The van der Waals surface area contributed by atoms with E-state index in [0.29, 0.717) is 6.04 Å². The van der Waals surface area contributed by atoms with E-state index < -0.39 is 0 Å². The zero-order valence-corrected chi connectivity index (χ0v) is 9.81. The van der Waals surface area contributed by atoms with Crippen LogP contribution in [0.15, 0.2) is 10.8 Å². The molecule has 0 aromatic carbocycles. The van der Waals surface area contributed by atoms with Gasteiger partial charge in [0.05, 0.1) is 12.0 Å². The molecule has 0 amide bonds. The topological polar surface area (TPSA) is 35.8 Å². The van der Waals surface area contributed by atoms with Crippen molar-refractivity contribution in [2.24, 2.45) is 5.92 Å². The summed E-state index contributed by atoms with van der Waals surface area (Å²) in [6.45, 7) is 3.06. The molecule has 80 valence electrons. The SMILES string of the molecule is Cc1cscc1CNC1CCCC1C#N. The van der Waals surface area contributed by atoms with Crippen molar-refractivity contribution in [3.8, 4) is 6.07 Å². The summed E-state index contributed by atoms with van der Waals surface area (Å²) < 4.78 is 0. The minimum Gasteiger partial charge on any atom is -0.309 e. The Labute approximate surface area is 94.9 Å². The van der Waals surface area contributed by atoms with Crippen LogP contribution >= 0.6 is 11.3 Å². The summed E-state index contributed by atoms with van der Waals surface area (Å²) in [5.74, 6) is 0.226. The van der Waals surface area contributed by atoms with Crippen LogP contribution < -0.4 is 5.32 Å². The van der Waals surface area contributed by atoms with Gasteiger partial charge in [0.2, 0.25) is 0 Å². The third kappa shape index (κ3) is 2.39. The van der Waals surface area contributed by atoms with Gasteiger partial charge in [-0.1, -0.05) is 6.42 Å². The fraction of sp³-hybridized carbons (Fsp3) is 0.583. The quantitative estimate of drug-likeness (QED) is 0.850. The number of nitrogens with zero attached hydrogens (tertiary/aromatic N) is 1. The second-order valence-electron chi connectivity index (χ2n) is 4.23. The van der Waals surface area contributed by atoms with Crippen LogP contribution in [0.2, 0.25) is 0 Å². The number of nitriles is 1. The summed E-state index contributed by atoms with van der Waals surface area (Å²) in [5.41, 5.74) is 2.74. The van der Waals surface area contributed by atoms with Crippen molar-refractivity contribution in [1.82, 2.24) is 5.32 Å². The van der Waals surface area contributed by atoms with E-state index >= 15 is 0 Å². The fourth-order valence-corrected chi connectivity index (χ4v) is 3.02.